The van der Waals surface area contributed by atoms with E-state index in [1.54, 1.807) is 0 Å². The normalized spacial score (nSPS) is 14.6. The first-order chi connectivity index (χ1) is 4.21. The Kier molecular flexibility index (Phi) is 2.77. The van der Waals surface area contributed by atoms with Crippen LogP contribution in [0, 0.1) is 0 Å². The van der Waals surface area contributed by atoms with Gasteiger partial charge in [0.2, 0.25) is 0 Å². The third-order valence-corrected chi connectivity index (χ3v) is 2.01. The molecule has 0 aliphatic heterocycles. The molecule has 5 heteroatoms. The Labute approximate surface area is 60.2 Å². The van der Waals surface area contributed by atoms with E-state index in [9.17, 15) is 12.9 Å². The molecule has 0 bridgehead atoms. The van der Waals surface area contributed by atoms with E-state index in [0.717, 1.165) is 0 Å². The Hall–Kier alpha value is -0.188. The zero-order chi connectivity index (χ0) is 8.41. The summed E-state index contributed by atoms with van der Waals surface area (Å²) >= 11 is 0. The zero-order valence-corrected chi connectivity index (χ0v) is 7.37. The zero-order valence-electron chi connectivity index (χ0n) is 6.37. The summed E-state index contributed by atoms with van der Waals surface area (Å²) in [6, 6.07) is 0. The minimum Gasteiger partial charge on any atom is -0.445 e. The highest BCUT2D eigenvalue weighted by Crippen LogP contribution is 2.12. The summed E-state index contributed by atoms with van der Waals surface area (Å²) in [7, 11) is -1.65. The van der Waals surface area contributed by atoms with Crippen LogP contribution < -0.4 is 0 Å². The highest BCUT2D eigenvalue weighted by Gasteiger charge is 2.19. The van der Waals surface area contributed by atoms with Crippen LogP contribution in [0.1, 0.15) is 0 Å². The lowest BCUT2D eigenvalue weighted by Gasteiger charge is -2.12. The molecule has 0 aliphatic carbocycles. The molecule has 0 aromatic heterocycles. The monoisotopic (exact) mass is 167 g/mol. The smallest absolute Gasteiger partial charge is 0.445 e. The van der Waals surface area contributed by atoms with Crippen molar-refractivity contribution in [1.82, 2.24) is 0 Å². The molecule has 0 heterocycles. The van der Waals surface area contributed by atoms with E-state index in [-0.39, 0.29) is 0 Å². The number of halogens is 3. The molecular formula is C5H11BF3Si-. The highest BCUT2D eigenvalue weighted by atomic mass is 28.3. The van der Waals surface area contributed by atoms with Crippen molar-refractivity contribution in [3.05, 3.63) is 11.7 Å². The van der Waals surface area contributed by atoms with Crippen molar-refractivity contribution in [1.29, 1.82) is 0 Å². The average Bonchev–Trinajstić information content (AvgIpc) is 1.57. The SMILES string of the molecule is C[Si](C)(C)/C=C/[B-](F)(F)F. The van der Waals surface area contributed by atoms with Crippen LogP contribution in [0.5, 0.6) is 0 Å². The average molecular weight is 167 g/mol. The van der Waals surface area contributed by atoms with Gasteiger partial charge in [-0.1, -0.05) is 19.6 Å². The first-order valence-electron chi connectivity index (χ1n) is 3.11. The van der Waals surface area contributed by atoms with E-state index in [1.165, 1.54) is 5.70 Å². The van der Waals surface area contributed by atoms with Crippen LogP contribution >= 0.6 is 0 Å². The Morgan fingerprint density at radius 1 is 1.10 bits per heavy atom. The van der Waals surface area contributed by atoms with Crippen LogP contribution in [0.15, 0.2) is 11.7 Å². The van der Waals surface area contributed by atoms with Crippen molar-refractivity contribution >= 4 is 15.1 Å². The van der Waals surface area contributed by atoms with Crippen molar-refractivity contribution in [2.45, 2.75) is 19.6 Å². The summed E-state index contributed by atoms with van der Waals surface area (Å²) in [5.41, 5.74) is 1.31. The fourth-order valence-electron chi connectivity index (χ4n) is 0.398. The molecule has 0 radical (unpaired) electrons. The molecule has 60 valence electrons. The van der Waals surface area contributed by atoms with Crippen molar-refractivity contribution in [3.8, 4) is 0 Å². The molecule has 0 fully saturated rings. The number of hydrogen-bond acceptors (Lipinski definition) is 0. The largest absolute Gasteiger partial charge is 0.501 e. The minimum absolute atomic E-state index is 0.395. The molecule has 0 spiro atoms. The molecule has 10 heavy (non-hydrogen) atoms. The third-order valence-electron chi connectivity index (χ3n) is 0.814. The van der Waals surface area contributed by atoms with Gasteiger partial charge in [0, 0.05) is 0 Å². The maximum absolute atomic E-state index is 11.6. The van der Waals surface area contributed by atoms with Crippen LogP contribution in [0.3, 0.4) is 0 Å². The fraction of sp³-hybridized carbons (Fsp3) is 0.600. The van der Waals surface area contributed by atoms with E-state index >= 15 is 0 Å². The van der Waals surface area contributed by atoms with Crippen LogP contribution in [0.25, 0.3) is 0 Å². The molecule has 0 aromatic carbocycles. The van der Waals surface area contributed by atoms with Crippen molar-refractivity contribution < 1.29 is 12.9 Å². The minimum atomic E-state index is -4.71. The molecule has 0 amide bonds. The van der Waals surface area contributed by atoms with E-state index in [4.69, 9.17) is 0 Å². The number of hydrogen-bond donors (Lipinski definition) is 0. The summed E-state index contributed by atoms with van der Waals surface area (Å²) in [5.74, 6) is 0.395. The summed E-state index contributed by atoms with van der Waals surface area (Å²) < 4.78 is 34.8. The Bertz CT molecular complexity index is 117. The maximum atomic E-state index is 11.6. The Morgan fingerprint density at radius 3 is 1.60 bits per heavy atom. The standard InChI is InChI=1S/C5H11BF3Si/c1-10(2,3)5-4-6(7,8)9/h4-5H,1-3H3/q-1/b5-4+. The summed E-state index contributed by atoms with van der Waals surface area (Å²) in [4.78, 5) is 0. The van der Waals surface area contributed by atoms with Gasteiger partial charge in [0.25, 0.3) is 0 Å². The molecule has 0 aliphatic rings. The maximum Gasteiger partial charge on any atom is 0.501 e. The van der Waals surface area contributed by atoms with Crippen LogP contribution in [-0.4, -0.2) is 15.1 Å². The lowest BCUT2D eigenvalue weighted by molar-refractivity contribution is 0.498. The van der Waals surface area contributed by atoms with E-state index in [0.29, 0.717) is 5.98 Å². The second kappa shape index (κ2) is 2.82. The van der Waals surface area contributed by atoms with Crippen molar-refractivity contribution in [2.75, 3.05) is 0 Å². The predicted octanol–water partition coefficient (Wildman–Crippen LogP) is 2.81. The molecule has 0 saturated carbocycles. The molecular weight excluding hydrogens is 156 g/mol. The summed E-state index contributed by atoms with van der Waals surface area (Å²) in [6.07, 6.45) is 0. The molecule has 0 atom stereocenters. The Balaban J connectivity index is 4.01. The molecule has 0 saturated heterocycles. The number of rotatable bonds is 2. The molecule has 0 aromatic rings. The first-order valence-corrected chi connectivity index (χ1v) is 6.69. The van der Waals surface area contributed by atoms with Gasteiger partial charge in [-0.15, -0.1) is 5.70 Å². The van der Waals surface area contributed by atoms with Gasteiger partial charge in [0.15, 0.2) is 0 Å². The van der Waals surface area contributed by atoms with Gasteiger partial charge in [-0.05, 0) is 0 Å². The first kappa shape index (κ1) is 9.81. The Morgan fingerprint density at radius 2 is 1.50 bits per heavy atom. The molecule has 0 N–H and O–H groups in total. The van der Waals surface area contributed by atoms with Gasteiger partial charge >= 0.3 is 6.98 Å². The lowest BCUT2D eigenvalue weighted by Crippen LogP contribution is -2.19. The highest BCUT2D eigenvalue weighted by molar-refractivity contribution is 6.82. The van der Waals surface area contributed by atoms with E-state index in [1.807, 2.05) is 19.6 Å². The van der Waals surface area contributed by atoms with Gasteiger partial charge in [-0.25, -0.2) is 0 Å². The van der Waals surface area contributed by atoms with E-state index in [2.05, 4.69) is 0 Å². The molecule has 0 rings (SSSR count). The van der Waals surface area contributed by atoms with Gasteiger partial charge in [0.05, 0.1) is 8.07 Å². The van der Waals surface area contributed by atoms with Crippen LogP contribution in [-0.2, 0) is 0 Å². The van der Waals surface area contributed by atoms with Gasteiger partial charge in [-0.2, -0.15) is 5.98 Å². The fourth-order valence-corrected chi connectivity index (χ4v) is 1.19. The summed E-state index contributed by atoms with van der Waals surface area (Å²) in [6.45, 7) is 0.887. The van der Waals surface area contributed by atoms with Crippen LogP contribution in [0.2, 0.25) is 19.6 Å². The second-order valence-electron chi connectivity index (χ2n) is 3.35. The molecule has 0 nitrogen and oxygen atoms in total. The predicted molar refractivity (Wildman–Crippen MR) is 41.6 cm³/mol. The van der Waals surface area contributed by atoms with Gasteiger partial charge < -0.3 is 12.9 Å². The van der Waals surface area contributed by atoms with Crippen molar-refractivity contribution in [3.63, 3.8) is 0 Å². The third kappa shape index (κ3) is 7.81. The summed E-state index contributed by atoms with van der Waals surface area (Å²) in [5, 5.41) is 0. The second-order valence-corrected chi connectivity index (χ2v) is 8.42. The van der Waals surface area contributed by atoms with Crippen molar-refractivity contribution in [2.24, 2.45) is 0 Å². The topological polar surface area (TPSA) is 0 Å². The molecule has 0 unspecified atom stereocenters. The quantitative estimate of drug-likeness (QED) is 0.554. The van der Waals surface area contributed by atoms with E-state index < -0.39 is 15.1 Å². The van der Waals surface area contributed by atoms with Gasteiger partial charge in [-0.3, -0.25) is 0 Å². The lowest BCUT2D eigenvalue weighted by atomic mass is 9.93. The van der Waals surface area contributed by atoms with Gasteiger partial charge in [0.1, 0.15) is 0 Å². The van der Waals surface area contributed by atoms with Crippen LogP contribution in [0.4, 0.5) is 12.9 Å².